The van der Waals surface area contributed by atoms with Gasteiger partial charge < -0.3 is 41.5 Å². The Morgan fingerprint density at radius 3 is 2.49 bits per heavy atom. The first-order chi connectivity index (χ1) is 23.6. The minimum Gasteiger partial charge on any atom is -0.503 e. The van der Waals surface area contributed by atoms with Crippen LogP contribution in [0.25, 0.3) is 0 Å². The van der Waals surface area contributed by atoms with Gasteiger partial charge in [0.2, 0.25) is 16.9 Å². The van der Waals surface area contributed by atoms with E-state index in [-0.39, 0.29) is 23.1 Å². The average Bonchev–Trinajstić information content (AvgIpc) is 3.65. The first kappa shape index (κ1) is 37.8. The van der Waals surface area contributed by atoms with E-state index in [9.17, 15) is 57.4 Å². The molecule has 51 heavy (non-hydrogen) atoms. The van der Waals surface area contributed by atoms with E-state index in [1.54, 1.807) is 4.72 Å². The molecule has 2 fully saturated rings. The number of carbonyl (C=O) groups is 6. The Morgan fingerprint density at radius 1 is 1.24 bits per heavy atom. The molecule has 0 saturated carbocycles. The molecule has 25 heteroatoms. The van der Waals surface area contributed by atoms with E-state index in [1.807, 2.05) is 0 Å². The van der Waals surface area contributed by atoms with Gasteiger partial charge in [-0.15, -0.1) is 11.3 Å². The number of aromatic nitrogens is 2. The highest BCUT2D eigenvalue weighted by Crippen LogP contribution is 2.23. The zero-order chi connectivity index (χ0) is 38.2. The van der Waals surface area contributed by atoms with E-state index in [4.69, 9.17) is 10.6 Å². The van der Waals surface area contributed by atoms with Crippen molar-refractivity contribution in [3.8, 4) is 5.75 Å². The quantitative estimate of drug-likeness (QED) is 0.0541. The van der Waals surface area contributed by atoms with Crippen LogP contribution in [0.5, 0.6) is 5.75 Å². The maximum atomic E-state index is 13.1. The molecule has 0 radical (unpaired) electrons. The monoisotopic (exact) mass is 756 g/mol. The number of carbonyl (C=O) groups excluding carboxylic acids is 5. The van der Waals surface area contributed by atoms with Gasteiger partial charge in [-0.1, -0.05) is 5.16 Å². The van der Waals surface area contributed by atoms with Gasteiger partial charge in [0.15, 0.2) is 16.6 Å². The second-order valence-electron chi connectivity index (χ2n) is 11.6. The predicted octanol–water partition coefficient (Wildman–Crippen LogP) is -2.47. The SMILES string of the molecule is C[C@H]1[C@H](NC(=O)/C(=N\OC(C)(C)C(=O)O)c2csc(N)n2)C(=O)N1C(=O)NS(=O)(=O)N1C[C@@H](N(C)C(=O)NCc2cc(=O)c(O)cn2O)CC1=O. The molecule has 0 bridgehead atoms. The van der Waals surface area contributed by atoms with E-state index in [1.165, 1.54) is 19.4 Å². The maximum absolute atomic E-state index is 13.1. The number of aliphatic carboxylic acids is 1. The standard InChI is InChI=1S/C26H32N10O13S2/c1-11-18(30-20(40)19(14-10-50-23(27)29-14)31-49-26(2,3)22(42)43)21(41)36(11)25(45)32-51(47,48)35-8-13(6-17(35)39)33(4)24(44)28-7-12-5-15(37)16(38)9-34(12)46/h5,9-11,13,18,38,46H,6-8H2,1-4H3,(H2,27,29)(H,28,44)(H,30,40)(H,32,45)(H,42,43)/b31-19-/t11-,13-,18-/m0/s1. The van der Waals surface area contributed by atoms with Crippen LogP contribution < -0.4 is 26.5 Å². The van der Waals surface area contributed by atoms with Crippen LogP contribution in [0.4, 0.5) is 14.7 Å². The summed E-state index contributed by atoms with van der Waals surface area (Å²) in [5, 5.41) is 38.1. The summed E-state index contributed by atoms with van der Waals surface area (Å²) in [6.45, 7) is 2.66. The Bertz CT molecular complexity index is 1990. The number of thiazole rings is 1. The van der Waals surface area contributed by atoms with E-state index in [0.717, 1.165) is 42.3 Å². The molecule has 2 aromatic heterocycles. The molecule has 2 aliphatic heterocycles. The van der Waals surface area contributed by atoms with Crippen LogP contribution in [-0.2, 0) is 40.8 Å². The number of anilines is 1. The third-order valence-electron chi connectivity index (χ3n) is 7.71. The number of carboxylic acids is 1. The number of nitrogens with zero attached hydrogens (tertiary/aromatic N) is 6. The molecule has 2 saturated heterocycles. The molecule has 0 aromatic carbocycles. The topological polar surface area (TPSA) is 326 Å². The average molecular weight is 757 g/mol. The molecule has 2 aromatic rings. The van der Waals surface area contributed by atoms with Crippen LogP contribution in [0.3, 0.4) is 0 Å². The number of hydrogen-bond acceptors (Lipinski definition) is 16. The van der Waals surface area contributed by atoms with Crippen LogP contribution in [0.2, 0.25) is 0 Å². The number of urea groups is 2. The fraction of sp³-hybridized carbons (Fsp3) is 0.423. The van der Waals surface area contributed by atoms with E-state index in [0.29, 0.717) is 13.9 Å². The van der Waals surface area contributed by atoms with Gasteiger partial charge in [-0.05, 0) is 20.8 Å². The lowest BCUT2D eigenvalue weighted by Crippen LogP contribution is -2.73. The number of imide groups is 1. The smallest absolute Gasteiger partial charge is 0.350 e. The number of likely N-dealkylation sites (tertiary alicyclic amines) is 1. The number of rotatable bonds is 11. The van der Waals surface area contributed by atoms with Gasteiger partial charge in [0.1, 0.15) is 11.7 Å². The molecule has 8 N–H and O–H groups in total. The molecule has 2 aliphatic rings. The summed E-state index contributed by atoms with van der Waals surface area (Å²) in [5.74, 6) is -5.23. The lowest BCUT2D eigenvalue weighted by atomic mass is 9.97. The van der Waals surface area contributed by atoms with Crippen molar-refractivity contribution in [1.82, 2.24) is 39.2 Å². The fourth-order valence-corrected chi connectivity index (χ4v) is 6.30. The zero-order valence-electron chi connectivity index (χ0n) is 27.1. The molecule has 0 spiro atoms. The number of hydrogen-bond donors (Lipinski definition) is 7. The molecule has 3 atom stereocenters. The van der Waals surface area contributed by atoms with Crippen molar-refractivity contribution in [2.45, 2.75) is 57.5 Å². The van der Waals surface area contributed by atoms with Crippen LogP contribution in [-0.4, -0.2) is 126 Å². The largest absolute Gasteiger partial charge is 0.503 e. The molecule has 0 unspecified atom stereocenters. The summed E-state index contributed by atoms with van der Waals surface area (Å²) in [4.78, 5) is 97.7. The summed E-state index contributed by atoms with van der Waals surface area (Å²) in [6.07, 6.45) is 0.248. The second kappa shape index (κ2) is 14.1. The van der Waals surface area contributed by atoms with Crippen molar-refractivity contribution in [1.29, 1.82) is 0 Å². The number of carboxylic acid groups (broad SMARTS) is 1. The van der Waals surface area contributed by atoms with Crippen molar-refractivity contribution in [2.24, 2.45) is 5.16 Å². The number of nitrogens with one attached hydrogen (secondary N) is 3. The molecule has 7 amide bonds. The number of β-lactam (4-membered cyclic amide) rings is 1. The minimum atomic E-state index is -4.91. The summed E-state index contributed by atoms with van der Waals surface area (Å²) >= 11 is 0.928. The number of nitrogens with two attached hydrogens (primary N) is 1. The van der Waals surface area contributed by atoms with Crippen molar-refractivity contribution in [2.75, 3.05) is 19.3 Å². The number of amides is 7. The molecule has 276 valence electrons. The molecular formula is C26H32N10O13S2. The van der Waals surface area contributed by atoms with Crippen molar-refractivity contribution in [3.05, 3.63) is 39.3 Å². The summed E-state index contributed by atoms with van der Waals surface area (Å²) in [7, 11) is -3.66. The van der Waals surface area contributed by atoms with Crippen LogP contribution in [0.1, 0.15) is 38.6 Å². The Balaban J connectivity index is 1.36. The third-order valence-corrected chi connectivity index (χ3v) is 9.75. The minimum absolute atomic E-state index is 0.0312. The fourth-order valence-electron chi connectivity index (χ4n) is 4.61. The van der Waals surface area contributed by atoms with E-state index >= 15 is 0 Å². The van der Waals surface area contributed by atoms with Crippen LogP contribution in [0.15, 0.2) is 27.6 Å². The summed E-state index contributed by atoms with van der Waals surface area (Å²) in [5.41, 5.74) is 2.19. The third kappa shape index (κ3) is 7.93. The van der Waals surface area contributed by atoms with Gasteiger partial charge >= 0.3 is 28.2 Å². The molecule has 23 nitrogen and oxygen atoms in total. The molecular weight excluding hydrogens is 724 g/mol. The molecule has 0 aliphatic carbocycles. The normalized spacial score (nSPS) is 19.3. The van der Waals surface area contributed by atoms with Crippen LogP contribution in [0, 0.1) is 0 Å². The summed E-state index contributed by atoms with van der Waals surface area (Å²) < 4.78 is 28.4. The highest BCUT2D eigenvalue weighted by atomic mass is 32.2. The molecule has 4 rings (SSSR count). The van der Waals surface area contributed by atoms with Crippen molar-refractivity contribution < 1.29 is 57.4 Å². The highest BCUT2D eigenvalue weighted by molar-refractivity contribution is 7.88. The maximum Gasteiger partial charge on any atom is 0.350 e. The second-order valence-corrected chi connectivity index (χ2v) is 14.1. The van der Waals surface area contributed by atoms with Gasteiger partial charge in [0.05, 0.1) is 43.5 Å². The number of likely N-dealkylation sites (N-methyl/N-ethyl adjacent to an activating group) is 1. The van der Waals surface area contributed by atoms with E-state index < -0.39 is 99.5 Å². The Hall–Kier alpha value is -5.98. The van der Waals surface area contributed by atoms with Crippen molar-refractivity contribution >= 4 is 68.1 Å². The summed E-state index contributed by atoms with van der Waals surface area (Å²) in [6, 6.07) is -4.93. The number of oxime groups is 1. The Morgan fingerprint density at radius 2 is 1.90 bits per heavy atom. The first-order valence-electron chi connectivity index (χ1n) is 14.5. The van der Waals surface area contributed by atoms with E-state index in [2.05, 4.69) is 20.8 Å². The number of nitrogen functional groups attached to an aromatic ring is 1. The van der Waals surface area contributed by atoms with Gasteiger partial charge in [-0.25, -0.2) is 28.4 Å². The Labute approximate surface area is 291 Å². The predicted molar refractivity (Wildman–Crippen MR) is 171 cm³/mol. The lowest BCUT2D eigenvalue weighted by Gasteiger charge is -2.43. The lowest BCUT2D eigenvalue weighted by molar-refractivity contribution is -0.161. The van der Waals surface area contributed by atoms with Gasteiger partial charge in [0.25, 0.3) is 11.8 Å². The number of aromatic hydroxyl groups is 1. The highest BCUT2D eigenvalue weighted by Gasteiger charge is 2.51. The van der Waals surface area contributed by atoms with Gasteiger partial charge in [-0.3, -0.25) is 24.1 Å². The Kier molecular flexibility index (Phi) is 10.5. The van der Waals surface area contributed by atoms with Gasteiger partial charge in [-0.2, -0.15) is 13.1 Å². The number of pyridine rings is 1. The van der Waals surface area contributed by atoms with Crippen molar-refractivity contribution in [3.63, 3.8) is 0 Å². The van der Waals surface area contributed by atoms with Gasteiger partial charge in [0, 0.05) is 18.5 Å². The molecule has 4 heterocycles. The first-order valence-corrected chi connectivity index (χ1v) is 16.8. The van der Waals surface area contributed by atoms with Crippen LogP contribution >= 0.6 is 11.3 Å². The zero-order valence-corrected chi connectivity index (χ0v) is 28.7.